The van der Waals surface area contributed by atoms with Crippen molar-refractivity contribution in [3.05, 3.63) is 40.1 Å². The molecule has 0 saturated heterocycles. The fourth-order valence-electron chi connectivity index (χ4n) is 3.34. The van der Waals surface area contributed by atoms with Crippen LogP contribution in [0, 0.1) is 13.8 Å². The molecule has 4 heteroatoms. The molecule has 0 aliphatic carbocycles. The van der Waals surface area contributed by atoms with Gasteiger partial charge in [0.2, 0.25) is 0 Å². The largest absolute Gasteiger partial charge is 0.478 e. The van der Waals surface area contributed by atoms with E-state index < -0.39 is 5.97 Å². The van der Waals surface area contributed by atoms with Gasteiger partial charge in [-0.3, -0.25) is 4.98 Å². The van der Waals surface area contributed by atoms with E-state index in [1.807, 2.05) is 39.8 Å². The number of hydrogen-bond acceptors (Lipinski definition) is 3. The number of pyridine rings is 1. The van der Waals surface area contributed by atoms with Crippen LogP contribution in [0.3, 0.4) is 0 Å². The smallest absolute Gasteiger partial charge is 0.336 e. The molecule has 0 radical (unpaired) electrons. The molecule has 3 rings (SSSR count). The van der Waals surface area contributed by atoms with Gasteiger partial charge in [-0.05, 0) is 39.3 Å². The van der Waals surface area contributed by atoms with Gasteiger partial charge in [-0.2, -0.15) is 0 Å². The Bertz CT molecular complexity index is 752. The second-order valence-corrected chi connectivity index (χ2v) is 5.92. The van der Waals surface area contributed by atoms with E-state index >= 15 is 0 Å². The maximum atomic E-state index is 11.9. The van der Waals surface area contributed by atoms with Gasteiger partial charge < -0.3 is 9.84 Å². The van der Waals surface area contributed by atoms with E-state index in [1.165, 1.54) is 0 Å². The van der Waals surface area contributed by atoms with Crippen LogP contribution >= 0.6 is 0 Å². The van der Waals surface area contributed by atoms with Crippen molar-refractivity contribution in [3.8, 4) is 0 Å². The summed E-state index contributed by atoms with van der Waals surface area (Å²) in [6.07, 6.45) is 0.473. The quantitative estimate of drug-likeness (QED) is 0.870. The molecule has 1 aliphatic rings. The number of aryl methyl sites for hydroxylation is 2. The molecule has 0 amide bonds. The summed E-state index contributed by atoms with van der Waals surface area (Å²) in [5, 5.41) is 10.4. The Morgan fingerprint density at radius 1 is 1.33 bits per heavy atom. The normalized spacial score (nSPS) is 21.3. The number of rotatable bonds is 1. The molecular formula is C17H19NO3. The number of benzene rings is 1. The lowest BCUT2D eigenvalue weighted by atomic mass is 9.91. The lowest BCUT2D eigenvalue weighted by Gasteiger charge is -2.29. The molecule has 0 spiro atoms. The van der Waals surface area contributed by atoms with Crippen LogP contribution in [0.15, 0.2) is 12.1 Å². The summed E-state index contributed by atoms with van der Waals surface area (Å²) < 4.78 is 5.81. The summed E-state index contributed by atoms with van der Waals surface area (Å²) in [5.74, 6) is -0.909. The van der Waals surface area contributed by atoms with Gasteiger partial charge in [-0.1, -0.05) is 11.6 Å². The molecule has 1 aromatic heterocycles. The number of aromatic nitrogens is 1. The second-order valence-electron chi connectivity index (χ2n) is 5.92. The lowest BCUT2D eigenvalue weighted by Crippen LogP contribution is -2.26. The van der Waals surface area contributed by atoms with Crippen molar-refractivity contribution in [1.29, 1.82) is 0 Å². The first-order valence-electron chi connectivity index (χ1n) is 7.21. The van der Waals surface area contributed by atoms with Gasteiger partial charge >= 0.3 is 5.97 Å². The number of carbonyl (C=O) groups is 1. The molecule has 110 valence electrons. The third kappa shape index (κ3) is 2.20. The Morgan fingerprint density at radius 2 is 2.05 bits per heavy atom. The van der Waals surface area contributed by atoms with E-state index in [0.29, 0.717) is 17.4 Å². The summed E-state index contributed by atoms with van der Waals surface area (Å²) in [6.45, 7) is 7.84. The summed E-state index contributed by atoms with van der Waals surface area (Å²) in [6, 6.07) is 3.95. The number of carboxylic acids is 1. The van der Waals surface area contributed by atoms with E-state index in [9.17, 15) is 9.90 Å². The number of carboxylic acid groups (broad SMARTS) is 1. The van der Waals surface area contributed by atoms with Crippen LogP contribution in [0.1, 0.15) is 52.7 Å². The van der Waals surface area contributed by atoms with Crippen LogP contribution in [0.4, 0.5) is 0 Å². The van der Waals surface area contributed by atoms with Gasteiger partial charge in [0, 0.05) is 17.4 Å². The van der Waals surface area contributed by atoms with Gasteiger partial charge in [-0.15, -0.1) is 0 Å². The number of hydrogen-bond donors (Lipinski definition) is 1. The molecule has 2 heterocycles. The minimum Gasteiger partial charge on any atom is -0.478 e. The Kier molecular flexibility index (Phi) is 3.21. The summed E-state index contributed by atoms with van der Waals surface area (Å²) in [7, 11) is 0. The Labute approximate surface area is 123 Å². The summed E-state index contributed by atoms with van der Waals surface area (Å²) >= 11 is 0. The lowest BCUT2D eigenvalue weighted by molar-refractivity contribution is -0.00661. The average molecular weight is 285 g/mol. The molecule has 0 saturated carbocycles. The Hall–Kier alpha value is -1.94. The molecule has 2 unspecified atom stereocenters. The third-order valence-corrected chi connectivity index (χ3v) is 4.08. The average Bonchev–Trinajstić information content (AvgIpc) is 2.36. The highest BCUT2D eigenvalue weighted by Gasteiger charge is 2.30. The molecule has 4 nitrogen and oxygen atoms in total. The molecule has 1 aliphatic heterocycles. The highest BCUT2D eigenvalue weighted by molar-refractivity contribution is 6.05. The van der Waals surface area contributed by atoms with Crippen molar-refractivity contribution >= 4 is 16.9 Å². The van der Waals surface area contributed by atoms with Gasteiger partial charge in [0.25, 0.3) is 0 Å². The van der Waals surface area contributed by atoms with Crippen molar-refractivity contribution in [2.75, 3.05) is 0 Å². The predicted octanol–water partition coefficient (Wildman–Crippen LogP) is 3.57. The van der Waals surface area contributed by atoms with Crippen LogP contribution in [0.2, 0.25) is 0 Å². The maximum Gasteiger partial charge on any atom is 0.336 e. The first-order valence-corrected chi connectivity index (χ1v) is 7.21. The van der Waals surface area contributed by atoms with Gasteiger partial charge in [0.05, 0.1) is 29.0 Å². The minimum absolute atomic E-state index is 0.0600. The minimum atomic E-state index is -0.909. The SMILES string of the molecule is Cc1cc(C)c2nc3c(c(C(=O)O)c2c1)C(C)OC(C)C3. The second kappa shape index (κ2) is 4.81. The molecule has 2 aromatic rings. The van der Waals surface area contributed by atoms with Crippen molar-refractivity contribution in [3.63, 3.8) is 0 Å². The molecular weight excluding hydrogens is 266 g/mol. The summed E-state index contributed by atoms with van der Waals surface area (Å²) in [5.41, 5.74) is 4.79. The predicted molar refractivity (Wildman–Crippen MR) is 80.8 cm³/mol. The molecule has 0 fully saturated rings. The van der Waals surface area contributed by atoms with Gasteiger partial charge in [0.15, 0.2) is 0 Å². The van der Waals surface area contributed by atoms with E-state index in [-0.39, 0.29) is 12.2 Å². The number of aromatic carboxylic acids is 1. The topological polar surface area (TPSA) is 59.4 Å². The zero-order valence-electron chi connectivity index (χ0n) is 12.7. The van der Waals surface area contributed by atoms with Crippen LogP contribution in [0.5, 0.6) is 0 Å². The first-order chi connectivity index (χ1) is 9.88. The zero-order chi connectivity index (χ0) is 15.3. The van der Waals surface area contributed by atoms with E-state index in [1.54, 1.807) is 0 Å². The fraction of sp³-hybridized carbons (Fsp3) is 0.412. The van der Waals surface area contributed by atoms with Crippen molar-refractivity contribution in [2.45, 2.75) is 46.3 Å². The van der Waals surface area contributed by atoms with Crippen molar-refractivity contribution in [2.24, 2.45) is 0 Å². The maximum absolute atomic E-state index is 11.9. The summed E-state index contributed by atoms with van der Waals surface area (Å²) in [4.78, 5) is 16.6. The molecule has 21 heavy (non-hydrogen) atoms. The zero-order valence-corrected chi connectivity index (χ0v) is 12.7. The van der Waals surface area contributed by atoms with Gasteiger partial charge in [0.1, 0.15) is 0 Å². The number of ether oxygens (including phenoxy) is 1. The standard InChI is InChI=1S/C17H19NO3/c1-8-5-9(2)16-12(6-8)15(17(19)20)14-11(4)21-10(3)7-13(14)18-16/h5-6,10-11H,7H2,1-4H3,(H,19,20). The molecule has 1 aromatic carbocycles. The van der Waals surface area contributed by atoms with E-state index in [0.717, 1.165) is 27.9 Å². The molecule has 2 atom stereocenters. The molecule has 0 bridgehead atoms. The number of nitrogens with zero attached hydrogens (tertiary/aromatic N) is 1. The molecule has 1 N–H and O–H groups in total. The Morgan fingerprint density at radius 3 is 2.71 bits per heavy atom. The van der Waals surface area contributed by atoms with Crippen LogP contribution in [-0.4, -0.2) is 22.2 Å². The van der Waals surface area contributed by atoms with Crippen molar-refractivity contribution in [1.82, 2.24) is 4.98 Å². The van der Waals surface area contributed by atoms with Gasteiger partial charge in [-0.25, -0.2) is 4.79 Å². The van der Waals surface area contributed by atoms with Crippen LogP contribution < -0.4 is 0 Å². The Balaban J connectivity index is 2.45. The van der Waals surface area contributed by atoms with Crippen molar-refractivity contribution < 1.29 is 14.6 Å². The van der Waals surface area contributed by atoms with E-state index in [2.05, 4.69) is 0 Å². The monoisotopic (exact) mass is 285 g/mol. The third-order valence-electron chi connectivity index (χ3n) is 4.08. The first kappa shape index (κ1) is 14.0. The van der Waals surface area contributed by atoms with E-state index in [4.69, 9.17) is 9.72 Å². The highest BCUT2D eigenvalue weighted by Crippen LogP contribution is 2.36. The van der Waals surface area contributed by atoms with Crippen LogP contribution in [-0.2, 0) is 11.2 Å². The fourth-order valence-corrected chi connectivity index (χ4v) is 3.34. The van der Waals surface area contributed by atoms with Crippen LogP contribution in [0.25, 0.3) is 10.9 Å². The number of fused-ring (bicyclic) bond motifs is 2. The highest BCUT2D eigenvalue weighted by atomic mass is 16.5.